The van der Waals surface area contributed by atoms with Crippen molar-refractivity contribution in [1.29, 1.82) is 0 Å². The highest BCUT2D eigenvalue weighted by Gasteiger charge is 2.17. The number of thiophene rings is 1. The summed E-state index contributed by atoms with van der Waals surface area (Å²) in [6, 6.07) is 2.07. The molecule has 0 aromatic carbocycles. The van der Waals surface area contributed by atoms with Crippen LogP contribution in [0.1, 0.15) is 46.4 Å². The SMILES string of the molecule is CCCNc1nc(COC(C)(C)CC)nc2sccc12. The van der Waals surface area contributed by atoms with Crippen LogP contribution in [0.4, 0.5) is 5.82 Å². The van der Waals surface area contributed by atoms with Crippen LogP contribution >= 0.6 is 11.3 Å². The molecular formula is C15H23N3OS. The van der Waals surface area contributed by atoms with E-state index in [9.17, 15) is 0 Å². The van der Waals surface area contributed by atoms with Crippen molar-refractivity contribution in [3.05, 3.63) is 17.3 Å². The predicted molar refractivity (Wildman–Crippen MR) is 85.4 cm³/mol. The molecule has 0 bridgehead atoms. The summed E-state index contributed by atoms with van der Waals surface area (Å²) in [5.41, 5.74) is -0.134. The molecule has 2 heterocycles. The molecule has 0 aliphatic heterocycles. The lowest BCUT2D eigenvalue weighted by atomic mass is 10.1. The zero-order valence-corrected chi connectivity index (χ0v) is 13.5. The summed E-state index contributed by atoms with van der Waals surface area (Å²) in [4.78, 5) is 10.2. The number of rotatable bonds is 7. The van der Waals surface area contributed by atoms with Gasteiger partial charge in [-0.1, -0.05) is 13.8 Å². The van der Waals surface area contributed by atoms with Crippen LogP contribution in [0.15, 0.2) is 11.4 Å². The summed E-state index contributed by atoms with van der Waals surface area (Å²) in [7, 11) is 0. The number of aromatic nitrogens is 2. The Morgan fingerprint density at radius 3 is 2.80 bits per heavy atom. The fraction of sp³-hybridized carbons (Fsp3) is 0.600. The van der Waals surface area contributed by atoms with Gasteiger partial charge in [0.25, 0.3) is 0 Å². The number of fused-ring (bicyclic) bond motifs is 1. The van der Waals surface area contributed by atoms with Gasteiger partial charge in [-0.25, -0.2) is 9.97 Å². The zero-order chi connectivity index (χ0) is 14.6. The minimum Gasteiger partial charge on any atom is -0.369 e. The normalized spacial score (nSPS) is 12.0. The van der Waals surface area contributed by atoms with E-state index in [4.69, 9.17) is 4.74 Å². The Hall–Kier alpha value is -1.20. The molecule has 2 aromatic rings. The first kappa shape index (κ1) is 15.2. The predicted octanol–water partition coefficient (Wildman–Crippen LogP) is 4.22. The van der Waals surface area contributed by atoms with E-state index in [0.29, 0.717) is 6.61 Å². The first-order chi connectivity index (χ1) is 9.55. The summed E-state index contributed by atoms with van der Waals surface area (Å²) >= 11 is 1.64. The molecule has 0 aliphatic rings. The molecular weight excluding hydrogens is 270 g/mol. The average Bonchev–Trinajstić information content (AvgIpc) is 2.91. The van der Waals surface area contributed by atoms with E-state index in [-0.39, 0.29) is 5.60 Å². The molecule has 0 fully saturated rings. The van der Waals surface area contributed by atoms with E-state index in [1.807, 2.05) is 0 Å². The van der Waals surface area contributed by atoms with E-state index in [1.165, 1.54) is 0 Å². The van der Waals surface area contributed by atoms with Crippen molar-refractivity contribution in [3.63, 3.8) is 0 Å². The van der Waals surface area contributed by atoms with Gasteiger partial charge in [0.15, 0.2) is 5.82 Å². The van der Waals surface area contributed by atoms with Gasteiger partial charge in [0.1, 0.15) is 17.3 Å². The Bertz CT molecular complexity index is 565. The molecule has 110 valence electrons. The summed E-state index contributed by atoms with van der Waals surface area (Å²) in [6.45, 7) is 9.82. The maximum absolute atomic E-state index is 5.90. The van der Waals surface area contributed by atoms with Crippen LogP contribution in [-0.4, -0.2) is 22.1 Å². The van der Waals surface area contributed by atoms with Gasteiger partial charge in [0.05, 0.1) is 11.0 Å². The molecule has 0 saturated heterocycles. The van der Waals surface area contributed by atoms with Crippen molar-refractivity contribution < 1.29 is 4.74 Å². The quantitative estimate of drug-likeness (QED) is 0.830. The average molecular weight is 293 g/mol. The molecule has 0 atom stereocenters. The second-order valence-corrected chi connectivity index (χ2v) is 6.35. The molecule has 0 aliphatic carbocycles. The van der Waals surface area contributed by atoms with Gasteiger partial charge in [0.2, 0.25) is 0 Å². The highest BCUT2D eigenvalue weighted by molar-refractivity contribution is 7.16. The van der Waals surface area contributed by atoms with Crippen LogP contribution in [0.2, 0.25) is 0 Å². The summed E-state index contributed by atoms with van der Waals surface area (Å²) in [5, 5.41) is 6.53. The van der Waals surface area contributed by atoms with E-state index >= 15 is 0 Å². The maximum Gasteiger partial charge on any atom is 0.158 e. The van der Waals surface area contributed by atoms with Crippen molar-refractivity contribution in [3.8, 4) is 0 Å². The third kappa shape index (κ3) is 3.67. The molecule has 2 aromatic heterocycles. The monoisotopic (exact) mass is 293 g/mol. The van der Waals surface area contributed by atoms with Crippen LogP contribution in [-0.2, 0) is 11.3 Å². The summed E-state index contributed by atoms with van der Waals surface area (Å²) < 4.78 is 5.90. The Morgan fingerprint density at radius 2 is 2.10 bits per heavy atom. The van der Waals surface area contributed by atoms with E-state index < -0.39 is 0 Å². The second-order valence-electron chi connectivity index (χ2n) is 5.46. The molecule has 0 amide bonds. The Balaban J connectivity index is 2.21. The minimum atomic E-state index is -0.134. The number of hydrogen-bond acceptors (Lipinski definition) is 5. The van der Waals surface area contributed by atoms with Gasteiger partial charge in [-0.05, 0) is 38.1 Å². The van der Waals surface area contributed by atoms with Gasteiger partial charge in [0, 0.05) is 6.54 Å². The fourth-order valence-corrected chi connectivity index (χ4v) is 2.49. The van der Waals surface area contributed by atoms with Crippen molar-refractivity contribution in [2.75, 3.05) is 11.9 Å². The number of nitrogens with one attached hydrogen (secondary N) is 1. The van der Waals surface area contributed by atoms with Crippen molar-refractivity contribution in [1.82, 2.24) is 9.97 Å². The van der Waals surface area contributed by atoms with Crippen LogP contribution in [0, 0.1) is 0 Å². The van der Waals surface area contributed by atoms with Crippen molar-refractivity contribution in [2.24, 2.45) is 0 Å². The maximum atomic E-state index is 5.90. The second kappa shape index (κ2) is 6.50. The van der Waals surface area contributed by atoms with E-state index in [2.05, 4.69) is 54.4 Å². The van der Waals surface area contributed by atoms with Gasteiger partial charge < -0.3 is 10.1 Å². The lowest BCUT2D eigenvalue weighted by Crippen LogP contribution is -2.23. The van der Waals surface area contributed by atoms with Gasteiger partial charge in [-0.15, -0.1) is 11.3 Å². The van der Waals surface area contributed by atoms with Gasteiger partial charge in [-0.3, -0.25) is 0 Å². The minimum absolute atomic E-state index is 0.134. The summed E-state index contributed by atoms with van der Waals surface area (Å²) in [5.74, 6) is 1.67. The Morgan fingerprint density at radius 1 is 1.30 bits per heavy atom. The Kier molecular flexibility index (Phi) is 4.94. The smallest absolute Gasteiger partial charge is 0.158 e. The number of anilines is 1. The fourth-order valence-electron chi connectivity index (χ4n) is 1.70. The molecule has 0 unspecified atom stereocenters. The van der Waals surface area contributed by atoms with Gasteiger partial charge >= 0.3 is 0 Å². The Labute approximate surface area is 124 Å². The van der Waals surface area contributed by atoms with E-state index in [1.54, 1.807) is 11.3 Å². The molecule has 5 heteroatoms. The number of nitrogens with zero attached hydrogens (tertiary/aromatic N) is 2. The zero-order valence-electron chi connectivity index (χ0n) is 12.7. The number of ether oxygens (including phenoxy) is 1. The van der Waals surface area contributed by atoms with Crippen molar-refractivity contribution in [2.45, 2.75) is 52.7 Å². The van der Waals surface area contributed by atoms with Crippen LogP contribution < -0.4 is 5.32 Å². The molecule has 4 nitrogen and oxygen atoms in total. The largest absolute Gasteiger partial charge is 0.369 e. The highest BCUT2D eigenvalue weighted by atomic mass is 32.1. The first-order valence-electron chi connectivity index (χ1n) is 7.17. The third-order valence-corrected chi connectivity index (χ3v) is 4.16. The van der Waals surface area contributed by atoms with Gasteiger partial charge in [-0.2, -0.15) is 0 Å². The summed E-state index contributed by atoms with van der Waals surface area (Å²) in [6.07, 6.45) is 2.04. The lowest BCUT2D eigenvalue weighted by Gasteiger charge is -2.23. The molecule has 2 rings (SSSR count). The van der Waals surface area contributed by atoms with Crippen LogP contribution in [0.25, 0.3) is 10.2 Å². The first-order valence-corrected chi connectivity index (χ1v) is 8.05. The van der Waals surface area contributed by atoms with Crippen molar-refractivity contribution >= 4 is 27.4 Å². The molecule has 20 heavy (non-hydrogen) atoms. The molecule has 0 spiro atoms. The molecule has 0 radical (unpaired) electrons. The lowest BCUT2D eigenvalue weighted by molar-refractivity contribution is -0.0343. The van der Waals surface area contributed by atoms with Crippen LogP contribution in [0.5, 0.6) is 0 Å². The number of hydrogen-bond donors (Lipinski definition) is 1. The highest BCUT2D eigenvalue weighted by Crippen LogP contribution is 2.26. The van der Waals surface area contributed by atoms with E-state index in [0.717, 1.165) is 41.2 Å². The topological polar surface area (TPSA) is 47.0 Å². The van der Waals surface area contributed by atoms with Crippen LogP contribution in [0.3, 0.4) is 0 Å². The third-order valence-electron chi connectivity index (χ3n) is 3.36. The molecule has 1 N–H and O–H groups in total. The molecule has 0 saturated carbocycles. The standard InChI is InChI=1S/C15H23N3OS/c1-5-8-16-13-11-7-9-20-14(11)18-12(17-13)10-19-15(3,4)6-2/h7,9H,5-6,8,10H2,1-4H3,(H,16,17,18).